The molecule has 1 N–H and O–H groups in total. The van der Waals surface area contributed by atoms with Gasteiger partial charge in [0, 0.05) is 11.1 Å². The Balaban J connectivity index is 1.91. The van der Waals surface area contributed by atoms with Gasteiger partial charge in [0.05, 0.1) is 11.7 Å². The Morgan fingerprint density at radius 2 is 1.96 bits per heavy atom. The fraction of sp³-hybridized carbons (Fsp3) is 0.650. The topological polar surface area (TPSA) is 68.3 Å². The monoisotopic (exact) mass is 348 g/mol. The van der Waals surface area contributed by atoms with Crippen molar-refractivity contribution in [1.29, 1.82) is 0 Å². The second-order valence-corrected chi connectivity index (χ2v) is 7.79. The van der Waals surface area contributed by atoms with Crippen molar-refractivity contribution < 1.29 is 24.4 Å². The minimum Gasteiger partial charge on any atom is -0.419 e. The van der Waals surface area contributed by atoms with Gasteiger partial charge in [-0.05, 0) is 72.3 Å². The number of hydrogen-bond acceptors (Lipinski definition) is 5. The predicted molar refractivity (Wildman–Crippen MR) is 93.7 cm³/mol. The zero-order chi connectivity index (χ0) is 18.2. The van der Waals surface area contributed by atoms with Gasteiger partial charge in [0.15, 0.2) is 0 Å². The molecule has 2 aliphatic heterocycles. The summed E-state index contributed by atoms with van der Waals surface area (Å²) in [6, 6.07) is 0. The molecule has 0 amide bonds. The van der Waals surface area contributed by atoms with Gasteiger partial charge in [-0.15, -0.1) is 0 Å². The maximum absolute atomic E-state index is 12.1. The highest BCUT2D eigenvalue weighted by Gasteiger charge is 2.51. The SMILES string of the molecule is CC1=C2CC/C(C)=C/CC[C@]3(C)O[C@H]3CC/C(C)=C/C2(OO)OC1=O. The fourth-order valence-corrected chi connectivity index (χ4v) is 3.90. The van der Waals surface area contributed by atoms with Crippen LogP contribution in [0.2, 0.25) is 0 Å². The molecule has 3 atom stereocenters. The van der Waals surface area contributed by atoms with Crippen LogP contribution in [0.25, 0.3) is 0 Å². The van der Waals surface area contributed by atoms with Gasteiger partial charge < -0.3 is 9.47 Å². The van der Waals surface area contributed by atoms with Gasteiger partial charge in [0.1, 0.15) is 0 Å². The molecule has 3 aliphatic rings. The molecule has 0 aromatic heterocycles. The Hall–Kier alpha value is -1.43. The van der Waals surface area contributed by atoms with E-state index in [4.69, 9.17) is 14.4 Å². The smallest absolute Gasteiger partial charge is 0.337 e. The summed E-state index contributed by atoms with van der Waals surface area (Å²) in [5.41, 5.74) is 3.47. The quantitative estimate of drug-likeness (QED) is 0.249. The Bertz CT molecular complexity index is 659. The van der Waals surface area contributed by atoms with Crippen LogP contribution in [-0.2, 0) is 19.2 Å². The molecule has 1 fully saturated rings. The summed E-state index contributed by atoms with van der Waals surface area (Å²) >= 11 is 0. The number of fused-ring (bicyclic) bond motifs is 2. The second-order valence-electron chi connectivity index (χ2n) is 7.79. The lowest BCUT2D eigenvalue weighted by Crippen LogP contribution is -2.33. The van der Waals surface area contributed by atoms with Gasteiger partial charge in [-0.1, -0.05) is 17.2 Å². The van der Waals surface area contributed by atoms with Crippen LogP contribution in [-0.4, -0.2) is 28.7 Å². The van der Waals surface area contributed by atoms with E-state index in [1.54, 1.807) is 13.0 Å². The van der Waals surface area contributed by atoms with Gasteiger partial charge in [-0.3, -0.25) is 0 Å². The molecule has 1 unspecified atom stereocenters. The molecule has 1 saturated heterocycles. The van der Waals surface area contributed by atoms with Gasteiger partial charge in [-0.2, -0.15) is 4.89 Å². The first kappa shape index (κ1) is 18.4. The summed E-state index contributed by atoms with van der Waals surface area (Å²) < 4.78 is 11.3. The van der Waals surface area contributed by atoms with Crippen molar-refractivity contribution in [2.45, 2.75) is 83.7 Å². The number of carbonyl (C=O) groups excluding carboxylic acids is 1. The van der Waals surface area contributed by atoms with E-state index in [0.29, 0.717) is 17.6 Å². The molecule has 0 saturated carbocycles. The van der Waals surface area contributed by atoms with Crippen LogP contribution in [0.15, 0.2) is 34.4 Å². The van der Waals surface area contributed by atoms with Crippen molar-refractivity contribution >= 4 is 5.97 Å². The number of esters is 1. The summed E-state index contributed by atoms with van der Waals surface area (Å²) in [6.45, 7) is 7.96. The molecule has 0 aromatic carbocycles. The first-order valence-corrected chi connectivity index (χ1v) is 9.07. The molecule has 5 nitrogen and oxygen atoms in total. The molecule has 0 spiro atoms. The molecule has 25 heavy (non-hydrogen) atoms. The van der Waals surface area contributed by atoms with Crippen molar-refractivity contribution in [3.8, 4) is 0 Å². The summed E-state index contributed by atoms with van der Waals surface area (Å²) in [7, 11) is 0. The minimum absolute atomic E-state index is 0.0200. The molecule has 5 heteroatoms. The highest BCUT2D eigenvalue weighted by Crippen LogP contribution is 2.45. The molecule has 2 heterocycles. The van der Waals surface area contributed by atoms with Crippen LogP contribution in [0.3, 0.4) is 0 Å². The second kappa shape index (κ2) is 6.71. The minimum atomic E-state index is -1.48. The average molecular weight is 348 g/mol. The number of ether oxygens (including phenoxy) is 2. The Morgan fingerprint density at radius 3 is 2.68 bits per heavy atom. The van der Waals surface area contributed by atoms with Gasteiger partial charge in [0.2, 0.25) is 0 Å². The molecule has 0 bridgehead atoms. The molecule has 0 aromatic rings. The van der Waals surface area contributed by atoms with Crippen molar-refractivity contribution in [3.63, 3.8) is 0 Å². The van der Waals surface area contributed by atoms with E-state index in [0.717, 1.165) is 37.7 Å². The highest BCUT2D eigenvalue weighted by atomic mass is 17.1. The van der Waals surface area contributed by atoms with E-state index in [9.17, 15) is 10.1 Å². The summed E-state index contributed by atoms with van der Waals surface area (Å²) in [4.78, 5) is 16.8. The van der Waals surface area contributed by atoms with E-state index in [1.165, 1.54) is 5.57 Å². The Morgan fingerprint density at radius 1 is 1.20 bits per heavy atom. The highest BCUT2D eigenvalue weighted by molar-refractivity contribution is 5.92. The zero-order valence-electron chi connectivity index (χ0n) is 15.6. The normalized spacial score (nSPS) is 40.8. The third-order valence-electron chi connectivity index (χ3n) is 5.73. The van der Waals surface area contributed by atoms with Crippen LogP contribution >= 0.6 is 0 Å². The number of hydrogen-bond donors (Lipinski definition) is 1. The molecule has 138 valence electrons. The number of epoxide rings is 1. The molecule has 0 radical (unpaired) electrons. The lowest BCUT2D eigenvalue weighted by Gasteiger charge is -2.25. The van der Waals surface area contributed by atoms with E-state index >= 15 is 0 Å². The van der Waals surface area contributed by atoms with Crippen molar-refractivity contribution in [1.82, 2.24) is 0 Å². The van der Waals surface area contributed by atoms with Crippen LogP contribution in [0.4, 0.5) is 0 Å². The first-order chi connectivity index (χ1) is 11.8. The lowest BCUT2D eigenvalue weighted by molar-refractivity contribution is -0.355. The number of carbonyl (C=O) groups is 1. The fourth-order valence-electron chi connectivity index (χ4n) is 3.90. The van der Waals surface area contributed by atoms with Gasteiger partial charge >= 0.3 is 5.97 Å². The number of allylic oxidation sites excluding steroid dienone is 3. The van der Waals surface area contributed by atoms with Crippen molar-refractivity contribution in [2.75, 3.05) is 0 Å². The maximum Gasteiger partial charge on any atom is 0.337 e. The van der Waals surface area contributed by atoms with E-state index in [-0.39, 0.29) is 11.7 Å². The Labute approximate surface area is 149 Å². The van der Waals surface area contributed by atoms with E-state index in [1.807, 2.05) is 6.92 Å². The molecular formula is C20H28O5. The molecule has 3 rings (SSSR count). The molecule has 1 aliphatic carbocycles. The van der Waals surface area contributed by atoms with Crippen LogP contribution in [0.5, 0.6) is 0 Å². The lowest BCUT2D eigenvalue weighted by atomic mass is 9.91. The third kappa shape index (κ3) is 3.59. The first-order valence-electron chi connectivity index (χ1n) is 9.07. The summed E-state index contributed by atoms with van der Waals surface area (Å²) in [5.74, 6) is -1.92. The standard InChI is InChI=1S/C20H28O5/c1-13-6-5-11-19(4)17(23-19)10-8-14(2)12-20(25-22)16(9-7-13)15(3)18(21)24-20/h6,12,17,22H,5,7-11H2,1-4H3/b13-6+,14-12+/t17-,19-,20?/m0/s1. The predicted octanol–water partition coefficient (Wildman–Crippen LogP) is 4.45. The van der Waals surface area contributed by atoms with Crippen molar-refractivity contribution in [2.24, 2.45) is 0 Å². The maximum atomic E-state index is 12.1. The molecular weight excluding hydrogens is 320 g/mol. The van der Waals surface area contributed by atoms with Crippen molar-refractivity contribution in [3.05, 3.63) is 34.4 Å². The summed E-state index contributed by atoms with van der Waals surface area (Å²) in [5, 5.41) is 9.58. The zero-order valence-corrected chi connectivity index (χ0v) is 15.6. The van der Waals surface area contributed by atoms with E-state index < -0.39 is 11.8 Å². The third-order valence-corrected chi connectivity index (χ3v) is 5.73. The largest absolute Gasteiger partial charge is 0.419 e. The van der Waals surface area contributed by atoms with Gasteiger partial charge in [0.25, 0.3) is 5.79 Å². The Kier molecular flexibility index (Phi) is 4.93. The van der Waals surface area contributed by atoms with Crippen LogP contribution < -0.4 is 0 Å². The average Bonchev–Trinajstić information content (AvgIpc) is 3.14. The van der Waals surface area contributed by atoms with Gasteiger partial charge in [-0.25, -0.2) is 10.1 Å². The van der Waals surface area contributed by atoms with Crippen LogP contribution in [0.1, 0.15) is 66.2 Å². The van der Waals surface area contributed by atoms with Crippen LogP contribution in [0, 0.1) is 0 Å². The summed E-state index contributed by atoms with van der Waals surface area (Å²) in [6.07, 6.45) is 9.39. The number of rotatable bonds is 1. The van der Waals surface area contributed by atoms with E-state index in [2.05, 4.69) is 19.9 Å².